The fourth-order valence-corrected chi connectivity index (χ4v) is 2.29. The Labute approximate surface area is 127 Å². The standard InChI is InChI=1S/C16H17BrN2O/c1-11(10-12-6-8-13(17)9-7-12)19-16(20)14-4-2-3-5-15(14)18/h2-9,11H,10,18H2,1H3,(H,19,20). The van der Waals surface area contributed by atoms with Gasteiger partial charge >= 0.3 is 0 Å². The lowest BCUT2D eigenvalue weighted by Crippen LogP contribution is -2.34. The minimum atomic E-state index is -0.132. The first-order valence-electron chi connectivity index (χ1n) is 6.46. The third kappa shape index (κ3) is 3.84. The number of halogens is 1. The molecule has 0 saturated heterocycles. The second-order valence-corrected chi connectivity index (χ2v) is 5.71. The van der Waals surface area contributed by atoms with Gasteiger partial charge < -0.3 is 11.1 Å². The van der Waals surface area contributed by atoms with Gasteiger partial charge in [-0.05, 0) is 43.2 Å². The van der Waals surface area contributed by atoms with Crippen LogP contribution in [0.5, 0.6) is 0 Å². The summed E-state index contributed by atoms with van der Waals surface area (Å²) in [7, 11) is 0. The van der Waals surface area contributed by atoms with Crippen molar-refractivity contribution in [2.45, 2.75) is 19.4 Å². The van der Waals surface area contributed by atoms with Gasteiger partial charge in [-0.2, -0.15) is 0 Å². The van der Waals surface area contributed by atoms with Crippen LogP contribution < -0.4 is 11.1 Å². The van der Waals surface area contributed by atoms with Crippen molar-refractivity contribution in [3.63, 3.8) is 0 Å². The van der Waals surface area contributed by atoms with Crippen molar-refractivity contribution in [3.8, 4) is 0 Å². The van der Waals surface area contributed by atoms with E-state index in [0.29, 0.717) is 11.3 Å². The van der Waals surface area contributed by atoms with Gasteiger partial charge in [0.25, 0.3) is 5.91 Å². The number of nitrogen functional groups attached to an aromatic ring is 1. The molecule has 2 rings (SSSR count). The molecule has 0 bridgehead atoms. The van der Waals surface area contributed by atoms with Crippen molar-refractivity contribution in [3.05, 3.63) is 64.1 Å². The number of benzene rings is 2. The molecular weight excluding hydrogens is 316 g/mol. The van der Waals surface area contributed by atoms with E-state index in [1.807, 2.05) is 43.3 Å². The molecule has 2 aromatic rings. The summed E-state index contributed by atoms with van der Waals surface area (Å²) in [5.74, 6) is -0.132. The van der Waals surface area contributed by atoms with Crippen molar-refractivity contribution in [2.75, 3.05) is 5.73 Å². The zero-order chi connectivity index (χ0) is 14.5. The molecule has 2 aromatic carbocycles. The number of amides is 1. The van der Waals surface area contributed by atoms with Crippen LogP contribution in [0.1, 0.15) is 22.8 Å². The van der Waals surface area contributed by atoms with E-state index >= 15 is 0 Å². The molecule has 0 aromatic heterocycles. The molecule has 0 aliphatic heterocycles. The van der Waals surface area contributed by atoms with Gasteiger partial charge in [0.15, 0.2) is 0 Å². The van der Waals surface area contributed by atoms with Crippen LogP contribution in [0.4, 0.5) is 5.69 Å². The molecule has 0 fully saturated rings. The fourth-order valence-electron chi connectivity index (χ4n) is 2.03. The number of carbonyl (C=O) groups excluding carboxylic acids is 1. The normalized spacial score (nSPS) is 11.9. The highest BCUT2D eigenvalue weighted by Crippen LogP contribution is 2.13. The molecule has 0 saturated carbocycles. The summed E-state index contributed by atoms with van der Waals surface area (Å²) in [6.07, 6.45) is 0.783. The summed E-state index contributed by atoms with van der Waals surface area (Å²) in [5, 5.41) is 2.97. The van der Waals surface area contributed by atoms with Crippen molar-refractivity contribution < 1.29 is 4.79 Å². The zero-order valence-electron chi connectivity index (χ0n) is 11.3. The van der Waals surface area contributed by atoms with Gasteiger partial charge in [-0.15, -0.1) is 0 Å². The Morgan fingerprint density at radius 1 is 1.20 bits per heavy atom. The molecule has 1 unspecified atom stereocenters. The van der Waals surface area contributed by atoms with Crippen molar-refractivity contribution in [2.24, 2.45) is 0 Å². The molecule has 3 nitrogen and oxygen atoms in total. The van der Waals surface area contributed by atoms with Gasteiger partial charge in [0.1, 0.15) is 0 Å². The summed E-state index contributed by atoms with van der Waals surface area (Å²) >= 11 is 3.41. The molecule has 0 heterocycles. The van der Waals surface area contributed by atoms with Crippen LogP contribution in [-0.2, 0) is 6.42 Å². The van der Waals surface area contributed by atoms with Gasteiger partial charge in [-0.1, -0.05) is 40.2 Å². The smallest absolute Gasteiger partial charge is 0.253 e. The summed E-state index contributed by atoms with van der Waals surface area (Å²) in [5.41, 5.74) is 8.01. The summed E-state index contributed by atoms with van der Waals surface area (Å²) in [4.78, 5) is 12.1. The fraction of sp³-hybridized carbons (Fsp3) is 0.188. The van der Waals surface area contributed by atoms with Gasteiger partial charge in [-0.25, -0.2) is 0 Å². The second-order valence-electron chi connectivity index (χ2n) is 4.79. The third-order valence-electron chi connectivity index (χ3n) is 3.04. The summed E-state index contributed by atoms with van der Waals surface area (Å²) in [6.45, 7) is 1.99. The summed E-state index contributed by atoms with van der Waals surface area (Å²) < 4.78 is 1.05. The molecule has 4 heteroatoms. The molecule has 1 atom stereocenters. The van der Waals surface area contributed by atoms with Crippen LogP contribution in [0, 0.1) is 0 Å². The largest absolute Gasteiger partial charge is 0.398 e. The van der Waals surface area contributed by atoms with Gasteiger partial charge in [-0.3, -0.25) is 4.79 Å². The zero-order valence-corrected chi connectivity index (χ0v) is 12.9. The van der Waals surface area contributed by atoms with E-state index in [1.165, 1.54) is 5.56 Å². The van der Waals surface area contributed by atoms with Crippen LogP contribution in [0.15, 0.2) is 53.0 Å². The maximum absolute atomic E-state index is 12.1. The van der Waals surface area contributed by atoms with E-state index in [9.17, 15) is 4.79 Å². The van der Waals surface area contributed by atoms with E-state index < -0.39 is 0 Å². The molecule has 104 valence electrons. The van der Waals surface area contributed by atoms with Crippen LogP contribution in [0.25, 0.3) is 0 Å². The van der Waals surface area contributed by atoms with E-state index in [0.717, 1.165) is 10.9 Å². The van der Waals surface area contributed by atoms with Crippen molar-refractivity contribution in [1.82, 2.24) is 5.32 Å². The van der Waals surface area contributed by atoms with Gasteiger partial charge in [0, 0.05) is 16.2 Å². The van der Waals surface area contributed by atoms with Crippen LogP contribution in [-0.4, -0.2) is 11.9 Å². The molecule has 0 radical (unpaired) electrons. The number of nitrogens with one attached hydrogen (secondary N) is 1. The SMILES string of the molecule is CC(Cc1ccc(Br)cc1)NC(=O)c1ccccc1N. The van der Waals surface area contributed by atoms with E-state index in [1.54, 1.807) is 12.1 Å². The second kappa shape index (κ2) is 6.57. The lowest BCUT2D eigenvalue weighted by Gasteiger charge is -2.15. The molecular formula is C16H17BrN2O. The van der Waals surface area contributed by atoms with E-state index in [4.69, 9.17) is 5.73 Å². The molecule has 0 aliphatic rings. The highest BCUT2D eigenvalue weighted by molar-refractivity contribution is 9.10. The highest BCUT2D eigenvalue weighted by atomic mass is 79.9. The Hall–Kier alpha value is -1.81. The van der Waals surface area contributed by atoms with Gasteiger partial charge in [0.2, 0.25) is 0 Å². The van der Waals surface area contributed by atoms with E-state index in [-0.39, 0.29) is 11.9 Å². The maximum Gasteiger partial charge on any atom is 0.253 e. The first-order valence-corrected chi connectivity index (χ1v) is 7.25. The maximum atomic E-state index is 12.1. The average molecular weight is 333 g/mol. The average Bonchev–Trinajstić information content (AvgIpc) is 2.41. The predicted octanol–water partition coefficient (Wildman–Crippen LogP) is 3.39. The van der Waals surface area contributed by atoms with Crippen LogP contribution in [0.2, 0.25) is 0 Å². The number of hydrogen-bond acceptors (Lipinski definition) is 2. The molecule has 3 N–H and O–H groups in total. The number of anilines is 1. The predicted molar refractivity (Wildman–Crippen MR) is 85.6 cm³/mol. The quantitative estimate of drug-likeness (QED) is 0.843. The Morgan fingerprint density at radius 3 is 2.50 bits per heavy atom. The number of carbonyl (C=O) groups is 1. The molecule has 0 spiro atoms. The Bertz CT molecular complexity index is 596. The lowest BCUT2D eigenvalue weighted by molar-refractivity contribution is 0.0941. The molecule has 0 aliphatic carbocycles. The first-order chi connectivity index (χ1) is 9.56. The van der Waals surface area contributed by atoms with Gasteiger partial charge in [0.05, 0.1) is 5.56 Å². The monoisotopic (exact) mass is 332 g/mol. The number of nitrogens with two attached hydrogens (primary N) is 1. The minimum Gasteiger partial charge on any atom is -0.398 e. The van der Waals surface area contributed by atoms with E-state index in [2.05, 4.69) is 21.2 Å². The Balaban J connectivity index is 1.98. The highest BCUT2D eigenvalue weighted by Gasteiger charge is 2.12. The van der Waals surface area contributed by atoms with Crippen molar-refractivity contribution in [1.29, 1.82) is 0 Å². The number of hydrogen-bond donors (Lipinski definition) is 2. The first kappa shape index (κ1) is 14.6. The lowest BCUT2D eigenvalue weighted by atomic mass is 10.1. The Morgan fingerprint density at radius 2 is 1.85 bits per heavy atom. The van der Waals surface area contributed by atoms with Crippen LogP contribution in [0.3, 0.4) is 0 Å². The topological polar surface area (TPSA) is 55.1 Å². The Kier molecular flexibility index (Phi) is 4.79. The number of para-hydroxylation sites is 1. The third-order valence-corrected chi connectivity index (χ3v) is 3.57. The molecule has 1 amide bonds. The minimum absolute atomic E-state index is 0.0447. The van der Waals surface area contributed by atoms with Crippen molar-refractivity contribution >= 4 is 27.5 Å². The van der Waals surface area contributed by atoms with Crippen LogP contribution >= 0.6 is 15.9 Å². The summed E-state index contributed by atoms with van der Waals surface area (Å²) in [6, 6.07) is 15.2. The number of rotatable bonds is 4. The molecule has 20 heavy (non-hydrogen) atoms.